The number of hydrogen-bond acceptors (Lipinski definition) is 3. The number of rotatable bonds is 6. The van der Waals surface area contributed by atoms with Crippen molar-refractivity contribution in [1.82, 2.24) is 0 Å². The van der Waals surface area contributed by atoms with Crippen LogP contribution in [0, 0.1) is 23.4 Å². The second-order valence-corrected chi connectivity index (χ2v) is 5.06. The van der Waals surface area contributed by atoms with E-state index in [0.717, 1.165) is 17.8 Å². The number of hydrogen-bond donors (Lipinski definition) is 2. The minimum atomic E-state index is -1.66. The third kappa shape index (κ3) is 4.44. The molecule has 1 unspecified atom stereocenters. The lowest BCUT2D eigenvalue weighted by molar-refractivity contribution is -0.140. The quantitative estimate of drug-likeness (QED) is 0.793. The number of aliphatic carboxylic acids is 1. The molecule has 0 radical (unpaired) electrons. The first-order chi connectivity index (χ1) is 9.32. The van der Waals surface area contributed by atoms with Gasteiger partial charge in [-0.25, -0.2) is 13.2 Å². The molecule has 0 aliphatic heterocycles. The lowest BCUT2D eigenvalue weighted by atomic mass is 10.2. The Bertz CT molecular complexity index is 525. The number of carbonyl (C=O) groups excluding carboxylic acids is 1. The molecule has 4 nitrogen and oxygen atoms in total. The third-order valence-corrected chi connectivity index (χ3v) is 3.53. The average Bonchev–Trinajstić information content (AvgIpc) is 2.39. The molecule has 110 valence electrons. The molecule has 0 saturated carbocycles. The van der Waals surface area contributed by atoms with Gasteiger partial charge in [-0.2, -0.15) is 11.8 Å². The highest BCUT2D eigenvalue weighted by Gasteiger charge is 2.16. The molecule has 0 aliphatic carbocycles. The minimum Gasteiger partial charge on any atom is -0.481 e. The molecule has 1 aromatic carbocycles. The highest BCUT2D eigenvalue weighted by Crippen LogP contribution is 2.20. The summed E-state index contributed by atoms with van der Waals surface area (Å²) in [7, 11) is 0. The molecule has 1 rings (SSSR count). The first kappa shape index (κ1) is 16.4. The summed E-state index contributed by atoms with van der Waals surface area (Å²) in [6, 6.07) is 1.61. The van der Waals surface area contributed by atoms with E-state index in [2.05, 4.69) is 5.32 Å². The molecule has 1 amide bonds. The van der Waals surface area contributed by atoms with Gasteiger partial charge < -0.3 is 10.4 Å². The smallest absolute Gasteiger partial charge is 0.307 e. The second-order valence-electron chi connectivity index (χ2n) is 4.03. The van der Waals surface area contributed by atoms with Crippen molar-refractivity contribution in [2.45, 2.75) is 6.92 Å². The predicted octanol–water partition coefficient (Wildman–Crippen LogP) is 2.50. The van der Waals surface area contributed by atoms with E-state index in [1.165, 1.54) is 6.92 Å². The van der Waals surface area contributed by atoms with Gasteiger partial charge in [-0.05, 0) is 12.1 Å². The van der Waals surface area contributed by atoms with Gasteiger partial charge in [-0.3, -0.25) is 9.59 Å². The molecule has 8 heteroatoms. The van der Waals surface area contributed by atoms with E-state index in [9.17, 15) is 22.8 Å². The summed E-state index contributed by atoms with van der Waals surface area (Å²) in [5.41, 5.74) is -0.458. The van der Waals surface area contributed by atoms with E-state index >= 15 is 0 Å². The highest BCUT2D eigenvalue weighted by atomic mass is 32.2. The first-order valence-corrected chi connectivity index (χ1v) is 6.72. The van der Waals surface area contributed by atoms with E-state index in [-0.39, 0.29) is 11.5 Å². The SMILES string of the molecule is CC(CSCC(=O)Nc1ccc(F)c(F)c1F)C(=O)O. The van der Waals surface area contributed by atoms with Crippen molar-refractivity contribution >= 4 is 29.3 Å². The molecule has 1 aromatic rings. The molecule has 0 heterocycles. The van der Waals surface area contributed by atoms with Crippen molar-refractivity contribution in [2.75, 3.05) is 16.8 Å². The van der Waals surface area contributed by atoms with Gasteiger partial charge in [0.05, 0.1) is 17.4 Å². The summed E-state index contributed by atoms with van der Waals surface area (Å²) in [5.74, 6) is -6.60. The summed E-state index contributed by atoms with van der Waals surface area (Å²) in [6.07, 6.45) is 0. The van der Waals surface area contributed by atoms with Crippen LogP contribution in [0.25, 0.3) is 0 Å². The molecule has 20 heavy (non-hydrogen) atoms. The summed E-state index contributed by atoms with van der Waals surface area (Å²) < 4.78 is 38.9. The summed E-state index contributed by atoms with van der Waals surface area (Å²) >= 11 is 1.05. The predicted molar refractivity (Wildman–Crippen MR) is 69.1 cm³/mol. The zero-order valence-corrected chi connectivity index (χ0v) is 11.3. The van der Waals surface area contributed by atoms with Gasteiger partial charge in [0.2, 0.25) is 5.91 Å². The van der Waals surface area contributed by atoms with Gasteiger partial charge in [-0.15, -0.1) is 0 Å². The van der Waals surface area contributed by atoms with Crippen LogP contribution in [0.15, 0.2) is 12.1 Å². The fourth-order valence-electron chi connectivity index (χ4n) is 1.21. The molecule has 0 bridgehead atoms. The van der Waals surface area contributed by atoms with Gasteiger partial charge in [-0.1, -0.05) is 6.92 Å². The Labute approximate surface area is 117 Å². The Morgan fingerprint density at radius 3 is 2.55 bits per heavy atom. The molecule has 1 atom stereocenters. The fourth-order valence-corrected chi connectivity index (χ4v) is 2.08. The molecule has 0 fully saturated rings. The van der Waals surface area contributed by atoms with Gasteiger partial charge in [0.25, 0.3) is 0 Å². The zero-order chi connectivity index (χ0) is 15.3. The largest absolute Gasteiger partial charge is 0.481 e. The maximum Gasteiger partial charge on any atom is 0.307 e. The van der Waals surface area contributed by atoms with Crippen LogP contribution in [0.2, 0.25) is 0 Å². The van der Waals surface area contributed by atoms with Crippen LogP contribution in [0.3, 0.4) is 0 Å². The Kier molecular flexibility index (Phi) is 5.87. The zero-order valence-electron chi connectivity index (χ0n) is 10.5. The molecule has 2 N–H and O–H groups in total. The Hall–Kier alpha value is -1.70. The molecule has 0 aromatic heterocycles. The van der Waals surface area contributed by atoms with Crippen LogP contribution in [0.4, 0.5) is 18.9 Å². The van der Waals surface area contributed by atoms with Crippen LogP contribution in [-0.4, -0.2) is 28.5 Å². The van der Waals surface area contributed by atoms with E-state index in [4.69, 9.17) is 5.11 Å². The number of carboxylic acids is 1. The van der Waals surface area contributed by atoms with Crippen LogP contribution in [0.1, 0.15) is 6.92 Å². The molecule has 0 aliphatic rings. The number of benzene rings is 1. The van der Waals surface area contributed by atoms with E-state index in [1.807, 2.05) is 0 Å². The van der Waals surface area contributed by atoms with Crippen LogP contribution >= 0.6 is 11.8 Å². The summed E-state index contributed by atoms with van der Waals surface area (Å²) in [4.78, 5) is 22.0. The molecule has 0 spiro atoms. The Balaban J connectivity index is 2.51. The standard InChI is InChI=1S/C12H12F3NO3S/c1-6(12(18)19)4-20-5-9(17)16-8-3-2-7(13)10(14)11(8)15/h2-3,6H,4-5H2,1H3,(H,16,17)(H,18,19). The minimum absolute atomic E-state index is 0.115. The van der Waals surface area contributed by atoms with E-state index in [1.54, 1.807) is 0 Å². The number of amides is 1. The van der Waals surface area contributed by atoms with Crippen molar-refractivity contribution in [3.8, 4) is 0 Å². The highest BCUT2D eigenvalue weighted by molar-refractivity contribution is 8.00. The van der Waals surface area contributed by atoms with Crippen molar-refractivity contribution in [2.24, 2.45) is 5.92 Å². The van der Waals surface area contributed by atoms with Crippen molar-refractivity contribution in [3.63, 3.8) is 0 Å². The first-order valence-electron chi connectivity index (χ1n) is 5.56. The second kappa shape index (κ2) is 7.18. The fraction of sp³-hybridized carbons (Fsp3) is 0.333. The molecular formula is C12H12F3NO3S. The van der Waals surface area contributed by atoms with Crippen LogP contribution in [0.5, 0.6) is 0 Å². The van der Waals surface area contributed by atoms with Crippen molar-refractivity contribution in [1.29, 1.82) is 0 Å². The summed E-state index contributed by atoms with van der Waals surface area (Å²) in [5, 5.41) is 10.7. The maximum atomic E-state index is 13.3. The topological polar surface area (TPSA) is 66.4 Å². The summed E-state index contributed by atoms with van der Waals surface area (Å²) in [6.45, 7) is 1.49. The van der Waals surface area contributed by atoms with Crippen LogP contribution in [-0.2, 0) is 9.59 Å². The number of anilines is 1. The van der Waals surface area contributed by atoms with Gasteiger partial charge >= 0.3 is 5.97 Å². The Morgan fingerprint density at radius 1 is 1.30 bits per heavy atom. The molecular weight excluding hydrogens is 295 g/mol. The van der Waals surface area contributed by atoms with Gasteiger partial charge in [0, 0.05) is 5.75 Å². The third-order valence-electron chi connectivity index (χ3n) is 2.33. The Morgan fingerprint density at radius 2 is 1.95 bits per heavy atom. The lowest BCUT2D eigenvalue weighted by Gasteiger charge is -2.08. The van der Waals surface area contributed by atoms with Gasteiger partial charge in [0.1, 0.15) is 0 Å². The number of nitrogens with one attached hydrogen (secondary N) is 1. The van der Waals surface area contributed by atoms with Crippen molar-refractivity contribution < 1.29 is 27.9 Å². The maximum absolute atomic E-state index is 13.3. The van der Waals surface area contributed by atoms with Crippen molar-refractivity contribution in [3.05, 3.63) is 29.6 Å². The van der Waals surface area contributed by atoms with Crippen LogP contribution < -0.4 is 5.32 Å². The normalized spacial score (nSPS) is 12.0. The lowest BCUT2D eigenvalue weighted by Crippen LogP contribution is -2.18. The monoisotopic (exact) mass is 307 g/mol. The number of thioether (sulfide) groups is 1. The number of carbonyl (C=O) groups is 2. The molecule has 0 saturated heterocycles. The average molecular weight is 307 g/mol. The van der Waals surface area contributed by atoms with Gasteiger partial charge in [0.15, 0.2) is 17.5 Å². The number of halogens is 3. The number of carboxylic acid groups (broad SMARTS) is 1. The van der Waals surface area contributed by atoms with E-state index < -0.39 is 40.9 Å². The van der Waals surface area contributed by atoms with E-state index in [0.29, 0.717) is 6.07 Å².